The van der Waals surface area contributed by atoms with E-state index in [2.05, 4.69) is 51.8 Å². The zero-order chi connectivity index (χ0) is 25.0. The van der Waals surface area contributed by atoms with Crippen molar-refractivity contribution in [2.75, 3.05) is 54.0 Å². The lowest BCUT2D eigenvalue weighted by Crippen LogP contribution is -2.47. The molecule has 0 saturated carbocycles. The number of aromatic nitrogens is 5. The second kappa shape index (κ2) is 8.90. The van der Waals surface area contributed by atoms with Gasteiger partial charge < -0.3 is 14.7 Å². The summed E-state index contributed by atoms with van der Waals surface area (Å²) in [7, 11) is 0. The molecule has 3 aromatic rings. The van der Waals surface area contributed by atoms with Crippen molar-refractivity contribution in [3.05, 3.63) is 52.9 Å². The first kappa shape index (κ1) is 23.5. The minimum Gasteiger partial charge on any atom is -0.353 e. The SMILES string of the molecule is Cc1cc(C2CN(c3nc4c(c(N5CCN(c6ncccc6F)CC5)n3)CSC4C)CC2(C)C)n[nH]1. The van der Waals surface area contributed by atoms with E-state index < -0.39 is 0 Å². The molecule has 0 spiro atoms. The normalized spacial score (nSPS) is 23.4. The Labute approximate surface area is 215 Å². The molecule has 6 heterocycles. The summed E-state index contributed by atoms with van der Waals surface area (Å²) in [5.41, 5.74) is 4.68. The monoisotopic (exact) mass is 508 g/mol. The molecule has 0 bridgehead atoms. The highest BCUT2D eigenvalue weighted by Crippen LogP contribution is 2.47. The highest BCUT2D eigenvalue weighted by Gasteiger charge is 2.43. The Balaban J connectivity index is 1.28. The molecular formula is C26H33FN8S. The molecule has 2 unspecified atom stereocenters. The zero-order valence-corrected chi connectivity index (χ0v) is 22.1. The van der Waals surface area contributed by atoms with Crippen LogP contribution >= 0.6 is 11.8 Å². The van der Waals surface area contributed by atoms with Crippen LogP contribution in [0.5, 0.6) is 0 Å². The second-order valence-electron chi connectivity index (χ2n) is 10.8. The van der Waals surface area contributed by atoms with E-state index >= 15 is 0 Å². The van der Waals surface area contributed by atoms with Gasteiger partial charge in [0.15, 0.2) is 11.6 Å². The molecule has 0 amide bonds. The van der Waals surface area contributed by atoms with E-state index in [9.17, 15) is 4.39 Å². The summed E-state index contributed by atoms with van der Waals surface area (Å²) in [6.45, 7) is 13.6. The third kappa shape index (κ3) is 4.09. The highest BCUT2D eigenvalue weighted by molar-refractivity contribution is 7.99. The smallest absolute Gasteiger partial charge is 0.227 e. The van der Waals surface area contributed by atoms with Crippen LogP contribution in [-0.4, -0.2) is 64.4 Å². The first-order valence-corrected chi connectivity index (χ1v) is 13.7. The van der Waals surface area contributed by atoms with Crippen LogP contribution in [0.3, 0.4) is 0 Å². The molecule has 2 fully saturated rings. The Morgan fingerprint density at radius 2 is 1.83 bits per heavy atom. The molecule has 0 aliphatic carbocycles. The van der Waals surface area contributed by atoms with Crippen molar-refractivity contribution in [1.82, 2.24) is 25.1 Å². The fraction of sp³-hybridized carbons (Fsp3) is 0.538. The summed E-state index contributed by atoms with van der Waals surface area (Å²) in [4.78, 5) is 21.3. The van der Waals surface area contributed by atoms with Crippen molar-refractivity contribution < 1.29 is 4.39 Å². The topological polar surface area (TPSA) is 77.1 Å². The molecular weight excluding hydrogens is 475 g/mol. The van der Waals surface area contributed by atoms with Gasteiger partial charge in [0.25, 0.3) is 0 Å². The fourth-order valence-corrected chi connectivity index (χ4v) is 6.83. The van der Waals surface area contributed by atoms with Crippen LogP contribution in [0.25, 0.3) is 0 Å². The van der Waals surface area contributed by atoms with Gasteiger partial charge in [-0.05, 0) is 37.5 Å². The van der Waals surface area contributed by atoms with E-state index in [1.165, 1.54) is 11.6 Å². The Bertz CT molecular complexity index is 1270. The van der Waals surface area contributed by atoms with Crippen molar-refractivity contribution >= 4 is 29.3 Å². The summed E-state index contributed by atoms with van der Waals surface area (Å²) < 4.78 is 14.3. The lowest BCUT2D eigenvalue weighted by Gasteiger charge is -2.37. The number of rotatable bonds is 4. The van der Waals surface area contributed by atoms with Crippen LogP contribution in [0, 0.1) is 18.2 Å². The average Bonchev–Trinajstić information content (AvgIpc) is 3.55. The molecule has 36 heavy (non-hydrogen) atoms. The van der Waals surface area contributed by atoms with E-state index in [-0.39, 0.29) is 11.2 Å². The Morgan fingerprint density at radius 3 is 2.53 bits per heavy atom. The van der Waals surface area contributed by atoms with Gasteiger partial charge in [-0.25, -0.2) is 14.4 Å². The molecule has 3 aliphatic heterocycles. The van der Waals surface area contributed by atoms with Crippen molar-refractivity contribution in [1.29, 1.82) is 0 Å². The number of H-pyrrole nitrogens is 1. The lowest BCUT2D eigenvalue weighted by atomic mass is 9.80. The molecule has 3 aliphatic rings. The van der Waals surface area contributed by atoms with Crippen molar-refractivity contribution in [2.24, 2.45) is 5.41 Å². The molecule has 8 nitrogen and oxygen atoms in total. The predicted molar refractivity (Wildman–Crippen MR) is 142 cm³/mol. The summed E-state index contributed by atoms with van der Waals surface area (Å²) in [5, 5.41) is 8.04. The second-order valence-corrected chi connectivity index (χ2v) is 12.2. The molecule has 1 N–H and O–H groups in total. The number of thioether (sulfide) groups is 1. The van der Waals surface area contributed by atoms with Gasteiger partial charge in [0.05, 0.1) is 11.4 Å². The third-order valence-electron chi connectivity index (χ3n) is 7.80. The third-order valence-corrected chi connectivity index (χ3v) is 8.97. The number of nitrogens with zero attached hydrogens (tertiary/aromatic N) is 7. The molecule has 3 aromatic heterocycles. The minimum atomic E-state index is -0.264. The van der Waals surface area contributed by atoms with Crippen molar-refractivity contribution in [3.63, 3.8) is 0 Å². The van der Waals surface area contributed by atoms with Crippen LogP contribution in [-0.2, 0) is 5.75 Å². The largest absolute Gasteiger partial charge is 0.353 e. The summed E-state index contributed by atoms with van der Waals surface area (Å²) in [6, 6.07) is 5.27. The number of hydrogen-bond acceptors (Lipinski definition) is 8. The standard InChI is InChI=1S/C26H33FN8S/c1-16-12-21(32-31-16)19-13-35(15-26(19,3)4)25-29-22-17(2)36-14-18(22)23(30-25)33-8-10-34(11-9-33)24-20(27)6-5-7-28-24/h5-7,12,17,19H,8-11,13-15H2,1-4H3,(H,31,32). The number of nitrogens with one attached hydrogen (secondary N) is 1. The van der Waals surface area contributed by atoms with Gasteiger partial charge in [0, 0.05) is 73.6 Å². The molecule has 10 heteroatoms. The van der Waals surface area contributed by atoms with Crippen molar-refractivity contribution in [2.45, 2.75) is 44.6 Å². The van der Waals surface area contributed by atoms with Gasteiger partial charge in [-0.2, -0.15) is 10.1 Å². The van der Waals surface area contributed by atoms with Crippen LogP contribution in [0.1, 0.15) is 54.6 Å². The molecule has 0 aromatic carbocycles. The lowest BCUT2D eigenvalue weighted by molar-refractivity contribution is 0.359. The Morgan fingerprint density at radius 1 is 1.08 bits per heavy atom. The van der Waals surface area contributed by atoms with Crippen LogP contribution in [0.4, 0.5) is 22.0 Å². The Kier molecular flexibility index (Phi) is 5.81. The number of halogens is 1. The summed E-state index contributed by atoms with van der Waals surface area (Å²) >= 11 is 1.92. The van der Waals surface area contributed by atoms with Gasteiger partial charge in [-0.1, -0.05) is 13.8 Å². The van der Waals surface area contributed by atoms with Gasteiger partial charge in [-0.15, -0.1) is 11.8 Å². The number of aryl methyl sites for hydroxylation is 1. The zero-order valence-electron chi connectivity index (χ0n) is 21.3. The van der Waals surface area contributed by atoms with E-state index in [1.807, 2.05) is 23.6 Å². The first-order valence-electron chi connectivity index (χ1n) is 12.7. The van der Waals surface area contributed by atoms with Crippen LogP contribution in [0.2, 0.25) is 0 Å². The van der Waals surface area contributed by atoms with Gasteiger partial charge in [0.1, 0.15) is 5.82 Å². The molecule has 0 radical (unpaired) electrons. The van der Waals surface area contributed by atoms with Crippen molar-refractivity contribution in [3.8, 4) is 0 Å². The van der Waals surface area contributed by atoms with Crippen LogP contribution in [0.15, 0.2) is 24.4 Å². The first-order chi connectivity index (χ1) is 17.3. The molecule has 190 valence electrons. The minimum absolute atomic E-state index is 0.0585. The number of piperazine rings is 1. The number of pyridine rings is 1. The van der Waals surface area contributed by atoms with Crippen LogP contribution < -0.4 is 14.7 Å². The van der Waals surface area contributed by atoms with Gasteiger partial charge in [-0.3, -0.25) is 5.10 Å². The van der Waals surface area contributed by atoms with E-state index in [0.29, 0.717) is 30.1 Å². The summed E-state index contributed by atoms with van der Waals surface area (Å²) in [6.07, 6.45) is 1.65. The maximum Gasteiger partial charge on any atom is 0.227 e. The van der Waals surface area contributed by atoms with Gasteiger partial charge in [0.2, 0.25) is 5.95 Å². The predicted octanol–water partition coefficient (Wildman–Crippen LogP) is 4.31. The van der Waals surface area contributed by atoms with E-state index in [0.717, 1.165) is 60.8 Å². The number of fused-ring (bicyclic) bond motifs is 1. The summed E-state index contributed by atoms with van der Waals surface area (Å²) in [5.74, 6) is 3.28. The molecule has 2 saturated heterocycles. The number of aromatic amines is 1. The molecule has 2 atom stereocenters. The van der Waals surface area contributed by atoms with Gasteiger partial charge >= 0.3 is 0 Å². The highest BCUT2D eigenvalue weighted by atomic mass is 32.2. The number of anilines is 3. The maximum absolute atomic E-state index is 14.3. The fourth-order valence-electron chi connectivity index (χ4n) is 5.78. The Hall–Kier alpha value is -2.88. The van der Waals surface area contributed by atoms with E-state index in [4.69, 9.17) is 9.97 Å². The number of hydrogen-bond donors (Lipinski definition) is 1. The maximum atomic E-state index is 14.3. The quantitative estimate of drug-likeness (QED) is 0.559. The van der Waals surface area contributed by atoms with E-state index in [1.54, 1.807) is 12.3 Å². The average molecular weight is 509 g/mol. The molecule has 6 rings (SSSR count).